The van der Waals surface area contributed by atoms with Gasteiger partial charge in [-0.2, -0.15) is 11.8 Å². The zero-order chi connectivity index (χ0) is 18.0. The fourth-order valence-electron chi connectivity index (χ4n) is 2.85. The second-order valence-electron chi connectivity index (χ2n) is 6.28. The molecule has 1 aromatic carbocycles. The molecule has 3 rings (SSSR count). The molecule has 0 radical (unpaired) electrons. The molecule has 0 bridgehead atoms. The summed E-state index contributed by atoms with van der Waals surface area (Å²) in [7, 11) is 1.68. The molecular weight excluding hydrogens is 346 g/mol. The maximum absolute atomic E-state index is 5.39. The zero-order valence-corrected chi connectivity index (χ0v) is 16.1. The summed E-state index contributed by atoms with van der Waals surface area (Å²) < 4.78 is 10.6. The molecule has 5 nitrogen and oxygen atoms in total. The summed E-state index contributed by atoms with van der Waals surface area (Å²) in [4.78, 5) is 4.74. The predicted molar refractivity (Wildman–Crippen MR) is 108 cm³/mol. The van der Waals surface area contributed by atoms with Gasteiger partial charge in [-0.1, -0.05) is 12.1 Å². The Balaban J connectivity index is 1.54. The first-order valence-electron chi connectivity index (χ1n) is 9.12. The van der Waals surface area contributed by atoms with E-state index in [1.165, 1.54) is 18.6 Å². The molecule has 26 heavy (non-hydrogen) atoms. The topological polar surface area (TPSA) is 58.8 Å². The van der Waals surface area contributed by atoms with Crippen molar-refractivity contribution in [3.63, 3.8) is 0 Å². The summed E-state index contributed by atoms with van der Waals surface area (Å²) in [5, 5.41) is 7.61. The highest BCUT2D eigenvalue weighted by molar-refractivity contribution is 8.00. The van der Waals surface area contributed by atoms with Gasteiger partial charge < -0.3 is 19.8 Å². The van der Waals surface area contributed by atoms with Crippen molar-refractivity contribution in [2.45, 2.75) is 31.1 Å². The van der Waals surface area contributed by atoms with Crippen molar-refractivity contribution in [1.82, 2.24) is 10.6 Å². The average Bonchev–Trinajstić information content (AvgIpc) is 3.38. The number of guanidine groups is 1. The highest BCUT2D eigenvalue weighted by atomic mass is 32.2. The van der Waals surface area contributed by atoms with E-state index in [-0.39, 0.29) is 0 Å². The second-order valence-corrected chi connectivity index (χ2v) is 7.69. The Hall–Kier alpha value is -2.08. The molecule has 2 heterocycles. The SMILES string of the molecule is COc1ccc(CN=C(NCCc2ccco2)NCC2CCCS2)cc1. The van der Waals surface area contributed by atoms with Gasteiger partial charge in [0, 0.05) is 24.8 Å². The number of hydrogen-bond donors (Lipinski definition) is 2. The molecule has 1 aromatic heterocycles. The lowest BCUT2D eigenvalue weighted by molar-refractivity contribution is 0.414. The zero-order valence-electron chi connectivity index (χ0n) is 15.2. The molecule has 6 heteroatoms. The highest BCUT2D eigenvalue weighted by Crippen LogP contribution is 2.25. The molecule has 1 unspecified atom stereocenters. The molecule has 1 aliphatic heterocycles. The molecule has 2 N–H and O–H groups in total. The number of methoxy groups -OCH3 is 1. The van der Waals surface area contributed by atoms with Crippen molar-refractivity contribution in [2.75, 3.05) is 26.0 Å². The van der Waals surface area contributed by atoms with E-state index in [0.717, 1.165) is 42.5 Å². The minimum absolute atomic E-state index is 0.637. The van der Waals surface area contributed by atoms with Gasteiger partial charge in [0.1, 0.15) is 11.5 Å². The van der Waals surface area contributed by atoms with Crippen LogP contribution in [0.15, 0.2) is 52.1 Å². The van der Waals surface area contributed by atoms with Gasteiger partial charge in [0.25, 0.3) is 0 Å². The normalized spacial score (nSPS) is 17.3. The predicted octanol–water partition coefficient (Wildman–Crippen LogP) is 3.46. The fourth-order valence-corrected chi connectivity index (χ4v) is 4.05. The molecule has 1 atom stereocenters. The Kier molecular flexibility index (Phi) is 7.31. The standard InChI is InChI=1S/C20H27N3O2S/c1-24-17-8-6-16(7-9-17)14-22-20(23-15-19-5-3-13-26-19)21-11-10-18-4-2-12-25-18/h2,4,6-9,12,19H,3,5,10-11,13-15H2,1H3,(H2,21,22,23). The van der Waals surface area contributed by atoms with Gasteiger partial charge in [0.05, 0.1) is 19.9 Å². The summed E-state index contributed by atoms with van der Waals surface area (Å²) in [6.45, 7) is 2.39. The van der Waals surface area contributed by atoms with Gasteiger partial charge in [-0.25, -0.2) is 4.99 Å². The third kappa shape index (κ3) is 6.02. The fraction of sp³-hybridized carbons (Fsp3) is 0.450. The number of nitrogens with one attached hydrogen (secondary N) is 2. The molecule has 1 fully saturated rings. The van der Waals surface area contributed by atoms with Crippen LogP contribution in [0.25, 0.3) is 0 Å². The van der Waals surface area contributed by atoms with E-state index in [4.69, 9.17) is 14.1 Å². The van der Waals surface area contributed by atoms with E-state index >= 15 is 0 Å². The minimum atomic E-state index is 0.637. The van der Waals surface area contributed by atoms with Crippen LogP contribution in [0.5, 0.6) is 5.75 Å². The van der Waals surface area contributed by atoms with Crippen LogP contribution in [0.3, 0.4) is 0 Å². The Morgan fingerprint density at radius 3 is 2.85 bits per heavy atom. The van der Waals surface area contributed by atoms with E-state index in [9.17, 15) is 0 Å². The molecule has 0 aliphatic carbocycles. The lowest BCUT2D eigenvalue weighted by Crippen LogP contribution is -2.41. The van der Waals surface area contributed by atoms with Gasteiger partial charge >= 0.3 is 0 Å². The van der Waals surface area contributed by atoms with Crippen LogP contribution in [-0.4, -0.2) is 37.2 Å². The van der Waals surface area contributed by atoms with E-state index in [1.54, 1.807) is 13.4 Å². The van der Waals surface area contributed by atoms with Crippen LogP contribution in [-0.2, 0) is 13.0 Å². The smallest absolute Gasteiger partial charge is 0.191 e. The Bertz CT molecular complexity index is 665. The first-order valence-corrected chi connectivity index (χ1v) is 10.2. The van der Waals surface area contributed by atoms with Gasteiger partial charge in [-0.05, 0) is 48.4 Å². The number of hydrogen-bond acceptors (Lipinski definition) is 4. The van der Waals surface area contributed by atoms with Crippen molar-refractivity contribution in [1.29, 1.82) is 0 Å². The van der Waals surface area contributed by atoms with Crippen molar-refractivity contribution >= 4 is 17.7 Å². The van der Waals surface area contributed by atoms with Crippen molar-refractivity contribution in [2.24, 2.45) is 4.99 Å². The minimum Gasteiger partial charge on any atom is -0.497 e. The Labute approximate surface area is 159 Å². The van der Waals surface area contributed by atoms with E-state index < -0.39 is 0 Å². The first-order chi connectivity index (χ1) is 12.8. The monoisotopic (exact) mass is 373 g/mol. The largest absolute Gasteiger partial charge is 0.497 e. The second kappa shape index (κ2) is 10.2. The number of ether oxygens (including phenoxy) is 1. The number of nitrogens with zero attached hydrogens (tertiary/aromatic N) is 1. The third-order valence-corrected chi connectivity index (χ3v) is 5.74. The van der Waals surface area contributed by atoms with Crippen molar-refractivity contribution < 1.29 is 9.15 Å². The maximum atomic E-state index is 5.39. The number of rotatable bonds is 8. The third-order valence-electron chi connectivity index (χ3n) is 4.34. The molecule has 1 aliphatic rings. The van der Waals surface area contributed by atoms with Crippen LogP contribution in [0.1, 0.15) is 24.2 Å². The Morgan fingerprint density at radius 1 is 1.27 bits per heavy atom. The van der Waals surface area contributed by atoms with Gasteiger partial charge in [0.15, 0.2) is 5.96 Å². The quantitative estimate of drug-likeness (QED) is 0.548. The van der Waals surface area contributed by atoms with Gasteiger partial charge in [-0.15, -0.1) is 0 Å². The molecule has 140 valence electrons. The number of aliphatic imine (C=N–C) groups is 1. The lowest BCUT2D eigenvalue weighted by atomic mass is 10.2. The Morgan fingerprint density at radius 2 is 2.15 bits per heavy atom. The van der Waals surface area contributed by atoms with Crippen LogP contribution >= 0.6 is 11.8 Å². The average molecular weight is 374 g/mol. The number of thioether (sulfide) groups is 1. The molecule has 2 aromatic rings. The lowest BCUT2D eigenvalue weighted by Gasteiger charge is -2.15. The maximum Gasteiger partial charge on any atom is 0.191 e. The highest BCUT2D eigenvalue weighted by Gasteiger charge is 2.15. The number of benzene rings is 1. The summed E-state index contributed by atoms with van der Waals surface area (Å²) in [6, 6.07) is 12.0. The molecule has 0 amide bonds. The van der Waals surface area contributed by atoms with Crippen LogP contribution < -0.4 is 15.4 Å². The number of furan rings is 1. The van der Waals surface area contributed by atoms with E-state index in [2.05, 4.69) is 34.5 Å². The summed E-state index contributed by atoms with van der Waals surface area (Å²) >= 11 is 2.05. The first kappa shape index (κ1) is 18.7. The van der Waals surface area contributed by atoms with Crippen LogP contribution in [0, 0.1) is 0 Å². The summed E-state index contributed by atoms with van der Waals surface area (Å²) in [5.74, 6) is 3.99. The van der Waals surface area contributed by atoms with E-state index in [1.807, 2.05) is 24.3 Å². The molecule has 0 saturated carbocycles. The van der Waals surface area contributed by atoms with E-state index in [0.29, 0.717) is 11.8 Å². The summed E-state index contributed by atoms with van der Waals surface area (Å²) in [5.41, 5.74) is 1.16. The molecule has 0 spiro atoms. The van der Waals surface area contributed by atoms with Gasteiger partial charge in [-0.3, -0.25) is 0 Å². The van der Waals surface area contributed by atoms with Gasteiger partial charge in [0.2, 0.25) is 0 Å². The molecule has 1 saturated heterocycles. The van der Waals surface area contributed by atoms with Crippen LogP contribution in [0.4, 0.5) is 0 Å². The van der Waals surface area contributed by atoms with Crippen LogP contribution in [0.2, 0.25) is 0 Å². The summed E-state index contributed by atoms with van der Waals surface area (Å²) in [6.07, 6.45) is 5.16. The molecular formula is C20H27N3O2S. The van der Waals surface area contributed by atoms with Crippen molar-refractivity contribution in [3.8, 4) is 5.75 Å². The van der Waals surface area contributed by atoms with Crippen molar-refractivity contribution in [3.05, 3.63) is 54.0 Å².